The molecule has 17 heavy (non-hydrogen) atoms. The summed E-state index contributed by atoms with van der Waals surface area (Å²) in [6.45, 7) is 0. The van der Waals surface area contributed by atoms with E-state index in [1.54, 1.807) is 48.5 Å². The Kier molecular flexibility index (Phi) is 3.29. The minimum Gasteiger partial charge on any atom is -0.281 e. The summed E-state index contributed by atoms with van der Waals surface area (Å²) in [4.78, 5) is 6.26. The molecule has 0 spiro atoms. The maximum absolute atomic E-state index is 12.8. The van der Waals surface area contributed by atoms with Gasteiger partial charge in [0.25, 0.3) is 4.91 Å². The predicted molar refractivity (Wildman–Crippen MR) is 68.6 cm³/mol. The molecule has 0 fully saturated rings. The van der Waals surface area contributed by atoms with Crippen LogP contribution in [0.1, 0.15) is 0 Å². The fourth-order valence-corrected chi connectivity index (χ4v) is 3.34. The molecule has 2 aromatic carbocycles. The van der Waals surface area contributed by atoms with Crippen molar-refractivity contribution in [2.24, 2.45) is 0 Å². The van der Waals surface area contributed by atoms with Crippen molar-refractivity contribution >= 4 is 17.9 Å². The van der Waals surface area contributed by atoms with Gasteiger partial charge in [-0.15, -0.1) is 0 Å². The van der Waals surface area contributed by atoms with Crippen molar-refractivity contribution in [3.63, 3.8) is 0 Å². The van der Waals surface area contributed by atoms with E-state index in [9.17, 15) is 4.57 Å². The summed E-state index contributed by atoms with van der Waals surface area (Å²) in [7, 11) is -3.22. The molecule has 0 aromatic heterocycles. The molecule has 0 bridgehead atoms. The third-order valence-electron chi connectivity index (χ3n) is 2.38. The van der Waals surface area contributed by atoms with Gasteiger partial charge in [-0.1, -0.05) is 36.4 Å². The maximum atomic E-state index is 12.8. The van der Waals surface area contributed by atoms with Crippen molar-refractivity contribution < 1.29 is 4.57 Å². The van der Waals surface area contributed by atoms with Crippen LogP contribution in [0.15, 0.2) is 60.7 Å². The van der Waals surface area contributed by atoms with Gasteiger partial charge in [-0.05, 0) is 24.3 Å². The number of nitrogens with zero attached hydrogens (tertiary/aromatic N) is 3. The lowest BCUT2D eigenvalue weighted by molar-refractivity contribution is 0.585. The Balaban J connectivity index is 2.64. The van der Waals surface area contributed by atoms with Crippen molar-refractivity contribution in [3.05, 3.63) is 71.1 Å². The van der Waals surface area contributed by atoms with Crippen LogP contribution in [0.2, 0.25) is 0 Å². The van der Waals surface area contributed by atoms with Crippen LogP contribution < -0.4 is 15.5 Å². The van der Waals surface area contributed by atoms with Gasteiger partial charge in [0.1, 0.15) is 0 Å². The number of azide groups is 1. The second kappa shape index (κ2) is 4.88. The van der Waals surface area contributed by atoms with E-state index in [1.807, 2.05) is 12.1 Å². The number of benzene rings is 2. The van der Waals surface area contributed by atoms with E-state index < -0.39 is 7.29 Å². The maximum Gasteiger partial charge on any atom is 0.356 e. The fourth-order valence-electron chi connectivity index (χ4n) is 1.57. The first kappa shape index (κ1) is 11.5. The minimum absolute atomic E-state index is 0.545. The van der Waals surface area contributed by atoms with Gasteiger partial charge in [0.15, 0.2) is 4.88 Å². The molecule has 2 aromatic rings. The lowest BCUT2D eigenvalue weighted by Gasteiger charge is -2.06. The van der Waals surface area contributed by atoms with E-state index in [0.717, 1.165) is 0 Å². The predicted octanol–water partition coefficient (Wildman–Crippen LogP) is 2.56. The molecule has 2 rings (SSSR count). The largest absolute Gasteiger partial charge is 0.356 e. The first-order valence-electron chi connectivity index (χ1n) is 5.05. The van der Waals surface area contributed by atoms with Gasteiger partial charge in [0, 0.05) is 10.6 Å². The SMILES string of the molecule is [N-]=[N+]=[N+]P(=O)(c1ccccc1)c1ccccc1. The molecule has 5 heteroatoms. The van der Waals surface area contributed by atoms with E-state index in [4.69, 9.17) is 5.53 Å². The summed E-state index contributed by atoms with van der Waals surface area (Å²) < 4.78 is 12.8. The van der Waals surface area contributed by atoms with Gasteiger partial charge in [0.2, 0.25) is 0 Å². The van der Waals surface area contributed by atoms with Crippen molar-refractivity contribution in [2.45, 2.75) is 0 Å². The Morgan fingerprint density at radius 3 is 1.59 bits per heavy atom. The Morgan fingerprint density at radius 2 is 1.24 bits per heavy atom. The molecule has 0 amide bonds. The first-order chi connectivity index (χ1) is 8.27. The van der Waals surface area contributed by atoms with E-state index in [-0.39, 0.29) is 0 Å². The van der Waals surface area contributed by atoms with Crippen molar-refractivity contribution in [1.29, 1.82) is 0 Å². The molecule has 0 N–H and O–H groups in total. The Hall–Kier alpha value is -2.02. The van der Waals surface area contributed by atoms with Crippen LogP contribution >= 0.6 is 7.29 Å². The number of hydrogen-bond donors (Lipinski definition) is 0. The van der Waals surface area contributed by atoms with Gasteiger partial charge in [0.05, 0.1) is 0 Å². The molecular weight excluding hydrogens is 233 g/mol. The zero-order valence-electron chi connectivity index (χ0n) is 8.97. The Bertz CT molecular complexity index is 548. The van der Waals surface area contributed by atoms with Gasteiger partial charge >= 0.3 is 12.8 Å². The molecule has 0 saturated heterocycles. The molecule has 0 unspecified atom stereocenters. The lowest BCUT2D eigenvalue weighted by atomic mass is 10.4. The van der Waals surface area contributed by atoms with E-state index in [1.165, 1.54) is 0 Å². The molecule has 4 nitrogen and oxygen atoms in total. The smallest absolute Gasteiger partial charge is 0.281 e. The standard InChI is InChI=1S/C12H10N3OP/c13-14-15-17(16,11-7-3-1-4-8-11)12-9-5-2-6-10-12/h1-10H/q+1. The number of rotatable bonds is 3. The van der Waals surface area contributed by atoms with Gasteiger partial charge in [-0.25, -0.2) is 0 Å². The van der Waals surface area contributed by atoms with Crippen LogP contribution in [-0.2, 0) is 4.57 Å². The van der Waals surface area contributed by atoms with Crippen LogP contribution in [-0.4, -0.2) is 0 Å². The van der Waals surface area contributed by atoms with Crippen LogP contribution in [0, 0.1) is 0 Å². The minimum atomic E-state index is -3.22. The summed E-state index contributed by atoms with van der Waals surface area (Å²) in [5.41, 5.74) is 8.61. The third-order valence-corrected chi connectivity index (χ3v) is 4.71. The first-order valence-corrected chi connectivity index (χ1v) is 6.71. The molecule has 0 saturated carbocycles. The topological polar surface area (TPSA) is 67.6 Å². The van der Waals surface area contributed by atoms with Gasteiger partial charge in [-0.3, -0.25) is 4.57 Å². The highest BCUT2D eigenvalue weighted by Gasteiger charge is 2.32. The molecule has 0 aliphatic rings. The van der Waals surface area contributed by atoms with E-state index in [2.05, 4.69) is 9.80 Å². The zero-order chi connectivity index (χ0) is 12.1. The molecule has 0 atom stereocenters. The molecule has 83 valence electrons. The summed E-state index contributed by atoms with van der Waals surface area (Å²) in [6.07, 6.45) is 0. The second-order valence-corrected chi connectivity index (χ2v) is 5.79. The van der Waals surface area contributed by atoms with Crippen LogP contribution in [0.25, 0.3) is 10.4 Å². The summed E-state index contributed by atoms with van der Waals surface area (Å²) in [5, 5.41) is 1.09. The summed E-state index contributed by atoms with van der Waals surface area (Å²) >= 11 is 0. The second-order valence-electron chi connectivity index (χ2n) is 3.43. The van der Waals surface area contributed by atoms with Crippen molar-refractivity contribution in [3.8, 4) is 0 Å². The van der Waals surface area contributed by atoms with E-state index in [0.29, 0.717) is 10.6 Å². The zero-order valence-corrected chi connectivity index (χ0v) is 9.87. The molecule has 1 radical (unpaired) electrons. The highest BCUT2D eigenvalue weighted by atomic mass is 31.2. The summed E-state index contributed by atoms with van der Waals surface area (Å²) in [5.74, 6) is 0. The quantitative estimate of drug-likeness (QED) is 0.353. The van der Waals surface area contributed by atoms with Gasteiger partial charge in [-0.2, -0.15) is 0 Å². The molecule has 0 aliphatic carbocycles. The van der Waals surface area contributed by atoms with Crippen LogP contribution in [0.4, 0.5) is 0 Å². The third kappa shape index (κ3) is 2.23. The summed E-state index contributed by atoms with van der Waals surface area (Å²) in [6, 6.07) is 17.6. The highest BCUT2D eigenvalue weighted by Crippen LogP contribution is 2.38. The molecule has 0 aliphatic heterocycles. The fraction of sp³-hybridized carbons (Fsp3) is 0. The Labute approximate surface area is 99.0 Å². The monoisotopic (exact) mass is 243 g/mol. The average Bonchev–Trinajstić information content (AvgIpc) is 2.41. The van der Waals surface area contributed by atoms with Crippen LogP contribution in [0.5, 0.6) is 0 Å². The van der Waals surface area contributed by atoms with E-state index >= 15 is 0 Å². The lowest BCUT2D eigenvalue weighted by Crippen LogP contribution is -2.17. The van der Waals surface area contributed by atoms with Crippen molar-refractivity contribution in [1.82, 2.24) is 4.88 Å². The molecule has 0 heterocycles. The highest BCUT2D eigenvalue weighted by molar-refractivity contribution is 7.76. The van der Waals surface area contributed by atoms with Crippen molar-refractivity contribution in [2.75, 3.05) is 0 Å². The van der Waals surface area contributed by atoms with Gasteiger partial charge < -0.3 is 0 Å². The van der Waals surface area contributed by atoms with Crippen LogP contribution in [0.3, 0.4) is 0 Å². The molecular formula is C12H10N3OP+. The average molecular weight is 243 g/mol. The normalized spacial score (nSPS) is 10.6. The Morgan fingerprint density at radius 1 is 0.824 bits per heavy atom. The number of hydrogen-bond acceptors (Lipinski definition) is 1.